The molecule has 5 heteroatoms. The second kappa shape index (κ2) is 5.57. The number of nitrogens with zero attached hydrogens (tertiary/aromatic N) is 1. The Morgan fingerprint density at radius 3 is 2.68 bits per heavy atom. The number of anilines is 1. The third kappa shape index (κ3) is 3.44. The highest BCUT2D eigenvalue weighted by Gasteiger charge is 2.13. The molecule has 0 aliphatic rings. The molecule has 19 heavy (non-hydrogen) atoms. The predicted octanol–water partition coefficient (Wildman–Crippen LogP) is 3.54. The molecule has 0 aliphatic carbocycles. The lowest BCUT2D eigenvalue weighted by atomic mass is 10.2. The molecule has 0 spiro atoms. The van der Waals surface area contributed by atoms with Gasteiger partial charge in [-0.1, -0.05) is 6.07 Å². The van der Waals surface area contributed by atoms with Crippen molar-refractivity contribution in [3.8, 4) is 0 Å². The third-order valence-corrected chi connectivity index (χ3v) is 3.38. The molecule has 1 amide bonds. The van der Waals surface area contributed by atoms with E-state index in [1.807, 2.05) is 32.0 Å². The summed E-state index contributed by atoms with van der Waals surface area (Å²) in [5.41, 5.74) is 2.65. The average Bonchev–Trinajstić information content (AvgIpc) is 2.61. The minimum atomic E-state index is -0.121. The first-order valence-electron chi connectivity index (χ1n) is 5.94. The molecule has 0 unspecified atom stereocenters. The summed E-state index contributed by atoms with van der Waals surface area (Å²) >= 11 is 3.43. The Kier molecular flexibility index (Phi) is 4.04. The fourth-order valence-corrected chi connectivity index (χ4v) is 2.39. The SMILES string of the molecule is Cc1ccc(NC(=O)Cc2oc(C)nc2C)c(Br)c1. The molecule has 2 aromatic rings. The number of hydrogen-bond acceptors (Lipinski definition) is 3. The zero-order valence-corrected chi connectivity index (χ0v) is 12.7. The normalized spacial score (nSPS) is 10.5. The van der Waals surface area contributed by atoms with E-state index < -0.39 is 0 Å². The smallest absolute Gasteiger partial charge is 0.232 e. The molecule has 0 fully saturated rings. The fourth-order valence-electron chi connectivity index (χ4n) is 1.80. The third-order valence-electron chi connectivity index (χ3n) is 2.72. The fraction of sp³-hybridized carbons (Fsp3) is 0.286. The largest absolute Gasteiger partial charge is 0.445 e. The molecule has 1 aromatic heterocycles. The zero-order chi connectivity index (χ0) is 14.0. The lowest BCUT2D eigenvalue weighted by molar-refractivity contribution is -0.115. The highest BCUT2D eigenvalue weighted by molar-refractivity contribution is 9.10. The summed E-state index contributed by atoms with van der Waals surface area (Å²) < 4.78 is 6.26. The number of hydrogen-bond donors (Lipinski definition) is 1. The summed E-state index contributed by atoms with van der Waals surface area (Å²) in [5, 5.41) is 2.85. The van der Waals surface area contributed by atoms with Crippen molar-refractivity contribution in [3.63, 3.8) is 0 Å². The van der Waals surface area contributed by atoms with Gasteiger partial charge in [0.2, 0.25) is 5.91 Å². The van der Waals surface area contributed by atoms with E-state index in [1.54, 1.807) is 6.92 Å². The molecule has 2 rings (SSSR count). The van der Waals surface area contributed by atoms with Crippen LogP contribution in [0, 0.1) is 20.8 Å². The van der Waals surface area contributed by atoms with Crippen molar-refractivity contribution < 1.29 is 9.21 Å². The first kappa shape index (κ1) is 13.8. The number of halogens is 1. The van der Waals surface area contributed by atoms with E-state index >= 15 is 0 Å². The number of nitrogens with one attached hydrogen (secondary N) is 1. The Hall–Kier alpha value is -1.62. The van der Waals surface area contributed by atoms with Crippen molar-refractivity contribution in [2.75, 3.05) is 5.32 Å². The molecule has 1 heterocycles. The van der Waals surface area contributed by atoms with Gasteiger partial charge in [0.15, 0.2) is 5.89 Å². The van der Waals surface area contributed by atoms with Crippen molar-refractivity contribution >= 4 is 27.5 Å². The maximum atomic E-state index is 12.0. The van der Waals surface area contributed by atoms with Gasteiger partial charge in [0.1, 0.15) is 5.76 Å². The Morgan fingerprint density at radius 1 is 1.37 bits per heavy atom. The van der Waals surface area contributed by atoms with E-state index in [1.165, 1.54) is 0 Å². The standard InChI is InChI=1S/C14H15BrN2O2/c1-8-4-5-12(11(15)6-8)17-14(18)7-13-9(2)16-10(3)19-13/h4-6H,7H2,1-3H3,(H,17,18). The van der Waals surface area contributed by atoms with Crippen LogP contribution in [-0.2, 0) is 11.2 Å². The molecule has 4 nitrogen and oxygen atoms in total. The topological polar surface area (TPSA) is 55.1 Å². The molecule has 0 atom stereocenters. The van der Waals surface area contributed by atoms with Crippen LogP contribution in [0.4, 0.5) is 5.69 Å². The molecule has 0 saturated carbocycles. The van der Waals surface area contributed by atoms with Crippen molar-refractivity contribution in [1.82, 2.24) is 4.98 Å². The summed E-state index contributed by atoms with van der Waals surface area (Å²) in [4.78, 5) is 16.1. The van der Waals surface area contributed by atoms with Crippen LogP contribution in [0.5, 0.6) is 0 Å². The lowest BCUT2D eigenvalue weighted by Crippen LogP contribution is -2.15. The number of aromatic nitrogens is 1. The molecule has 1 aromatic carbocycles. The number of rotatable bonds is 3. The number of amides is 1. The Morgan fingerprint density at radius 2 is 2.11 bits per heavy atom. The van der Waals surface area contributed by atoms with Crippen LogP contribution in [0.2, 0.25) is 0 Å². The molecular formula is C14H15BrN2O2. The number of carbonyl (C=O) groups is 1. The predicted molar refractivity (Wildman–Crippen MR) is 77.2 cm³/mol. The van der Waals surface area contributed by atoms with Crippen molar-refractivity contribution in [3.05, 3.63) is 45.6 Å². The second-order valence-corrected chi connectivity index (χ2v) is 5.30. The molecule has 0 bridgehead atoms. The van der Waals surface area contributed by atoms with Gasteiger partial charge in [-0.05, 0) is 47.5 Å². The van der Waals surface area contributed by atoms with Gasteiger partial charge in [-0.25, -0.2) is 4.98 Å². The van der Waals surface area contributed by atoms with Gasteiger partial charge in [-0.15, -0.1) is 0 Å². The van der Waals surface area contributed by atoms with E-state index in [0.717, 1.165) is 21.4 Å². The van der Waals surface area contributed by atoms with Crippen LogP contribution in [0.1, 0.15) is 22.9 Å². The number of oxazole rings is 1. The molecule has 0 radical (unpaired) electrons. The van der Waals surface area contributed by atoms with Crippen LogP contribution in [-0.4, -0.2) is 10.9 Å². The van der Waals surface area contributed by atoms with E-state index in [9.17, 15) is 4.79 Å². The highest BCUT2D eigenvalue weighted by Crippen LogP contribution is 2.23. The van der Waals surface area contributed by atoms with Crippen LogP contribution < -0.4 is 5.32 Å². The molecule has 0 aliphatic heterocycles. The van der Waals surface area contributed by atoms with Crippen LogP contribution in [0.15, 0.2) is 27.1 Å². The number of benzene rings is 1. The van der Waals surface area contributed by atoms with E-state index in [2.05, 4.69) is 26.2 Å². The maximum absolute atomic E-state index is 12.0. The second-order valence-electron chi connectivity index (χ2n) is 4.45. The van der Waals surface area contributed by atoms with Crippen molar-refractivity contribution in [2.24, 2.45) is 0 Å². The van der Waals surface area contributed by atoms with Crippen molar-refractivity contribution in [2.45, 2.75) is 27.2 Å². The number of carbonyl (C=O) groups excluding carboxylic acids is 1. The first-order chi connectivity index (χ1) is 8.95. The van der Waals surface area contributed by atoms with Gasteiger partial charge < -0.3 is 9.73 Å². The van der Waals surface area contributed by atoms with Crippen LogP contribution in [0.25, 0.3) is 0 Å². The molecule has 0 saturated heterocycles. The number of aryl methyl sites for hydroxylation is 3. The Balaban J connectivity index is 2.07. The van der Waals surface area contributed by atoms with Gasteiger partial charge in [-0.2, -0.15) is 0 Å². The molecule has 100 valence electrons. The van der Waals surface area contributed by atoms with E-state index in [4.69, 9.17) is 4.42 Å². The first-order valence-corrected chi connectivity index (χ1v) is 6.74. The van der Waals surface area contributed by atoms with Gasteiger partial charge >= 0.3 is 0 Å². The van der Waals surface area contributed by atoms with Gasteiger partial charge in [-0.3, -0.25) is 4.79 Å². The van der Waals surface area contributed by atoms with Crippen LogP contribution >= 0.6 is 15.9 Å². The van der Waals surface area contributed by atoms with E-state index in [0.29, 0.717) is 11.7 Å². The van der Waals surface area contributed by atoms with E-state index in [-0.39, 0.29) is 12.3 Å². The maximum Gasteiger partial charge on any atom is 0.232 e. The summed E-state index contributed by atoms with van der Waals surface area (Å²) in [6.07, 6.45) is 0.187. The highest BCUT2D eigenvalue weighted by atomic mass is 79.9. The lowest BCUT2D eigenvalue weighted by Gasteiger charge is -2.07. The van der Waals surface area contributed by atoms with Crippen molar-refractivity contribution in [1.29, 1.82) is 0 Å². The zero-order valence-electron chi connectivity index (χ0n) is 11.1. The van der Waals surface area contributed by atoms with Crippen LogP contribution in [0.3, 0.4) is 0 Å². The van der Waals surface area contributed by atoms with Gasteiger partial charge in [0, 0.05) is 11.4 Å². The quantitative estimate of drug-likeness (QED) is 0.940. The average molecular weight is 323 g/mol. The van der Waals surface area contributed by atoms with Gasteiger partial charge in [0.05, 0.1) is 17.8 Å². The van der Waals surface area contributed by atoms with Gasteiger partial charge in [0.25, 0.3) is 0 Å². The summed E-state index contributed by atoms with van der Waals surface area (Å²) in [6.45, 7) is 5.60. The summed E-state index contributed by atoms with van der Waals surface area (Å²) in [6, 6.07) is 5.78. The Labute approximate surface area is 120 Å². The molecule has 1 N–H and O–H groups in total. The minimum absolute atomic E-state index is 0.121. The summed E-state index contributed by atoms with van der Waals surface area (Å²) in [5.74, 6) is 1.07. The minimum Gasteiger partial charge on any atom is -0.445 e. The Bertz CT molecular complexity index is 620. The monoisotopic (exact) mass is 322 g/mol. The summed E-state index contributed by atoms with van der Waals surface area (Å²) in [7, 11) is 0. The molecular weight excluding hydrogens is 308 g/mol.